The topological polar surface area (TPSA) is 162 Å². The van der Waals surface area contributed by atoms with Crippen LogP contribution in [-0.2, 0) is 18.3 Å². The molecule has 5 rings (SSSR count). The molecule has 14 heteroatoms. The standard InChI is InChI=1S/C27H24Cl2N10O2/c1-15-11-20(35-38(15)2)13-21(27-33-24(25(29)34-27)16-3-5-17(6-4-16)26(30)41)32-23(40)10-7-18-12-19(28)8-9-22(18)39-14-31-36-37-39/h3-12,14,21H,13H2,1-2H3,(H2,30,41)(H,32,40)(H,33,34)/b10-7+/t21-/m0/s1. The lowest BCUT2D eigenvalue weighted by molar-refractivity contribution is -0.117. The zero-order valence-electron chi connectivity index (χ0n) is 21.9. The van der Waals surface area contributed by atoms with Gasteiger partial charge in [-0.05, 0) is 59.8 Å². The van der Waals surface area contributed by atoms with Gasteiger partial charge in [-0.15, -0.1) is 5.10 Å². The van der Waals surface area contributed by atoms with E-state index < -0.39 is 11.9 Å². The van der Waals surface area contributed by atoms with Gasteiger partial charge in [-0.25, -0.2) is 4.98 Å². The highest BCUT2D eigenvalue weighted by Crippen LogP contribution is 2.29. The summed E-state index contributed by atoms with van der Waals surface area (Å²) in [6.45, 7) is 1.94. The number of aryl methyl sites for hydroxylation is 2. The molecule has 208 valence electrons. The summed E-state index contributed by atoms with van der Waals surface area (Å²) in [6.07, 6.45) is 4.81. The predicted molar refractivity (Wildman–Crippen MR) is 153 cm³/mol. The number of H-pyrrole nitrogens is 1. The Morgan fingerprint density at radius 3 is 2.59 bits per heavy atom. The van der Waals surface area contributed by atoms with Gasteiger partial charge in [-0.3, -0.25) is 14.3 Å². The number of nitrogens with one attached hydrogen (secondary N) is 2. The molecule has 0 aliphatic rings. The second-order valence-electron chi connectivity index (χ2n) is 9.18. The number of hydrogen-bond donors (Lipinski definition) is 3. The van der Waals surface area contributed by atoms with E-state index in [0.29, 0.717) is 45.3 Å². The van der Waals surface area contributed by atoms with Gasteiger partial charge in [0.15, 0.2) is 0 Å². The van der Waals surface area contributed by atoms with Crippen LogP contribution in [0.25, 0.3) is 23.0 Å². The summed E-state index contributed by atoms with van der Waals surface area (Å²) in [4.78, 5) is 32.4. The molecule has 3 aromatic heterocycles. The summed E-state index contributed by atoms with van der Waals surface area (Å²) in [5.41, 5.74) is 9.88. The minimum atomic E-state index is -0.601. The van der Waals surface area contributed by atoms with Crippen molar-refractivity contribution in [3.05, 3.63) is 99.4 Å². The highest BCUT2D eigenvalue weighted by molar-refractivity contribution is 6.32. The smallest absolute Gasteiger partial charge is 0.248 e. The maximum Gasteiger partial charge on any atom is 0.248 e. The minimum Gasteiger partial charge on any atom is -0.366 e. The van der Waals surface area contributed by atoms with E-state index in [1.807, 2.05) is 20.0 Å². The molecule has 0 unspecified atom stereocenters. The van der Waals surface area contributed by atoms with Crippen LogP contribution in [0.4, 0.5) is 0 Å². The van der Waals surface area contributed by atoms with Gasteiger partial charge < -0.3 is 16.0 Å². The van der Waals surface area contributed by atoms with Crippen molar-refractivity contribution in [2.24, 2.45) is 12.8 Å². The molecule has 41 heavy (non-hydrogen) atoms. The van der Waals surface area contributed by atoms with E-state index in [-0.39, 0.29) is 11.1 Å². The minimum absolute atomic E-state index is 0.281. The van der Waals surface area contributed by atoms with E-state index in [1.54, 1.807) is 53.2 Å². The largest absolute Gasteiger partial charge is 0.366 e. The van der Waals surface area contributed by atoms with Crippen LogP contribution in [-0.4, -0.2) is 51.8 Å². The van der Waals surface area contributed by atoms with Gasteiger partial charge in [0.05, 0.1) is 17.4 Å². The van der Waals surface area contributed by atoms with E-state index in [2.05, 4.69) is 30.9 Å². The van der Waals surface area contributed by atoms with Crippen LogP contribution < -0.4 is 11.1 Å². The zero-order valence-corrected chi connectivity index (χ0v) is 23.4. The normalized spacial score (nSPS) is 12.1. The van der Waals surface area contributed by atoms with Crippen molar-refractivity contribution in [2.45, 2.75) is 19.4 Å². The molecule has 12 nitrogen and oxygen atoms in total. The number of hydrogen-bond acceptors (Lipinski definition) is 7. The number of rotatable bonds is 9. The van der Waals surface area contributed by atoms with Crippen LogP contribution in [0.15, 0.2) is 60.9 Å². The second-order valence-corrected chi connectivity index (χ2v) is 10.00. The Hall–Kier alpha value is -4.81. The number of aromatic amines is 1. The number of nitrogens with two attached hydrogens (primary N) is 1. The third kappa shape index (κ3) is 6.34. The number of imidazole rings is 1. The van der Waals surface area contributed by atoms with Crippen molar-refractivity contribution in [2.75, 3.05) is 0 Å². The van der Waals surface area contributed by atoms with Crippen molar-refractivity contribution in [3.8, 4) is 16.9 Å². The number of aromatic nitrogens is 8. The van der Waals surface area contributed by atoms with Gasteiger partial charge in [-0.2, -0.15) is 9.78 Å². The molecule has 0 saturated heterocycles. The van der Waals surface area contributed by atoms with Crippen LogP contribution in [0, 0.1) is 6.92 Å². The summed E-state index contributed by atoms with van der Waals surface area (Å²) in [5, 5.41) is 19.6. The number of tetrazole rings is 1. The summed E-state index contributed by atoms with van der Waals surface area (Å²) in [6, 6.07) is 13.1. The third-order valence-electron chi connectivity index (χ3n) is 6.34. The first kappa shape index (κ1) is 27.7. The van der Waals surface area contributed by atoms with Gasteiger partial charge >= 0.3 is 0 Å². The van der Waals surface area contributed by atoms with E-state index in [0.717, 1.165) is 11.4 Å². The number of amides is 2. The first-order chi connectivity index (χ1) is 19.7. The van der Waals surface area contributed by atoms with E-state index >= 15 is 0 Å². The van der Waals surface area contributed by atoms with Crippen molar-refractivity contribution in [1.29, 1.82) is 0 Å². The Labute approximate surface area is 244 Å². The monoisotopic (exact) mass is 590 g/mol. The predicted octanol–water partition coefficient (Wildman–Crippen LogP) is 3.61. The quantitative estimate of drug-likeness (QED) is 0.221. The average Bonchev–Trinajstić information content (AvgIpc) is 3.68. The van der Waals surface area contributed by atoms with E-state index in [9.17, 15) is 9.59 Å². The Morgan fingerprint density at radius 2 is 1.93 bits per heavy atom. The van der Waals surface area contributed by atoms with E-state index in [4.69, 9.17) is 33.9 Å². The van der Waals surface area contributed by atoms with Crippen LogP contribution in [0.1, 0.15) is 39.2 Å². The van der Waals surface area contributed by atoms with Crippen molar-refractivity contribution >= 4 is 41.1 Å². The van der Waals surface area contributed by atoms with Gasteiger partial charge in [-0.1, -0.05) is 35.3 Å². The second kappa shape index (κ2) is 11.7. The highest BCUT2D eigenvalue weighted by atomic mass is 35.5. The molecule has 4 N–H and O–H groups in total. The van der Waals surface area contributed by atoms with Gasteiger partial charge in [0.25, 0.3) is 0 Å². The molecule has 0 saturated carbocycles. The Morgan fingerprint density at radius 1 is 1.15 bits per heavy atom. The fourth-order valence-electron chi connectivity index (χ4n) is 4.20. The zero-order chi connectivity index (χ0) is 29.1. The maximum absolute atomic E-state index is 13.2. The summed E-state index contributed by atoms with van der Waals surface area (Å²) in [7, 11) is 1.85. The van der Waals surface area contributed by atoms with Crippen molar-refractivity contribution in [3.63, 3.8) is 0 Å². The summed E-state index contributed by atoms with van der Waals surface area (Å²) >= 11 is 12.7. The molecule has 0 bridgehead atoms. The Balaban J connectivity index is 1.43. The van der Waals surface area contributed by atoms with Gasteiger partial charge in [0, 0.05) is 47.0 Å². The molecule has 0 aliphatic carbocycles. The average molecular weight is 591 g/mol. The molecule has 0 spiro atoms. The van der Waals surface area contributed by atoms with E-state index in [1.165, 1.54) is 17.1 Å². The first-order valence-corrected chi connectivity index (χ1v) is 13.1. The molecular formula is C27H24Cl2N10O2. The summed E-state index contributed by atoms with van der Waals surface area (Å²) in [5.74, 6) is -0.481. The lowest BCUT2D eigenvalue weighted by Gasteiger charge is -2.15. The number of primary amides is 1. The van der Waals surface area contributed by atoms with Crippen LogP contribution in [0.5, 0.6) is 0 Å². The van der Waals surface area contributed by atoms with Gasteiger partial charge in [0.2, 0.25) is 11.8 Å². The van der Waals surface area contributed by atoms with Crippen LogP contribution >= 0.6 is 23.2 Å². The molecule has 0 radical (unpaired) electrons. The van der Waals surface area contributed by atoms with Crippen molar-refractivity contribution in [1.82, 2.24) is 45.3 Å². The number of carbonyl (C=O) groups is 2. The third-order valence-corrected chi connectivity index (χ3v) is 6.85. The maximum atomic E-state index is 13.2. The molecule has 0 fully saturated rings. The Kier molecular flexibility index (Phi) is 7.95. The molecular weight excluding hydrogens is 567 g/mol. The summed E-state index contributed by atoms with van der Waals surface area (Å²) < 4.78 is 3.23. The number of nitrogens with zero attached hydrogens (tertiary/aromatic N) is 7. The lowest BCUT2D eigenvalue weighted by Crippen LogP contribution is -2.29. The highest BCUT2D eigenvalue weighted by Gasteiger charge is 2.22. The lowest BCUT2D eigenvalue weighted by atomic mass is 10.1. The molecule has 2 amide bonds. The van der Waals surface area contributed by atoms with Crippen molar-refractivity contribution < 1.29 is 9.59 Å². The van der Waals surface area contributed by atoms with Crippen LogP contribution in [0.2, 0.25) is 10.2 Å². The van der Waals surface area contributed by atoms with Crippen LogP contribution in [0.3, 0.4) is 0 Å². The molecule has 0 aliphatic heterocycles. The fraction of sp³-hybridized carbons (Fsp3) is 0.148. The molecule has 3 heterocycles. The SMILES string of the molecule is Cc1cc(C[C@H](NC(=O)/C=C/c2cc(Cl)ccc2-n2cnnn2)c2nc(-c3ccc(C(N)=O)cc3)c(Cl)[nH]2)nn1C. The number of halogens is 2. The number of benzene rings is 2. The first-order valence-electron chi connectivity index (χ1n) is 12.3. The molecule has 5 aromatic rings. The fourth-order valence-corrected chi connectivity index (χ4v) is 4.63. The van der Waals surface area contributed by atoms with Gasteiger partial charge in [0.1, 0.15) is 23.0 Å². The Bertz CT molecular complexity index is 1720. The molecule has 1 atom stereocenters. The number of carbonyl (C=O) groups excluding carboxylic acids is 2. The molecule has 2 aromatic carbocycles.